The molecule has 4 heterocycles. The number of hydrogen-bond donors (Lipinski definition) is 2. The second kappa shape index (κ2) is 6.96. The number of aryl methyl sites for hydroxylation is 2. The second-order valence-corrected chi connectivity index (χ2v) is 7.89. The summed E-state index contributed by atoms with van der Waals surface area (Å²) in [4.78, 5) is 30.5. The number of benzene rings is 1. The average molecular weight is 419 g/mol. The SMILES string of the molecule is Cc1nn(C)c2nc(-c3cccs3)cc(C(=O)Nc3ccc4c(c3)NC(=O)CO4)c12. The summed E-state index contributed by atoms with van der Waals surface area (Å²) < 4.78 is 7.06. The van der Waals surface area contributed by atoms with Crippen LogP contribution in [0.5, 0.6) is 5.75 Å². The van der Waals surface area contributed by atoms with Gasteiger partial charge in [0.2, 0.25) is 0 Å². The Morgan fingerprint density at radius 3 is 2.97 bits per heavy atom. The van der Waals surface area contributed by atoms with E-state index in [4.69, 9.17) is 9.72 Å². The highest BCUT2D eigenvalue weighted by Gasteiger charge is 2.21. The molecule has 150 valence electrons. The number of carbonyl (C=O) groups excluding carboxylic acids is 2. The predicted molar refractivity (Wildman–Crippen MR) is 115 cm³/mol. The van der Waals surface area contributed by atoms with E-state index in [1.165, 1.54) is 0 Å². The van der Waals surface area contributed by atoms with Gasteiger partial charge < -0.3 is 15.4 Å². The Morgan fingerprint density at radius 1 is 1.30 bits per heavy atom. The highest BCUT2D eigenvalue weighted by atomic mass is 32.1. The predicted octanol–water partition coefficient (Wildman–Crippen LogP) is 3.59. The number of nitrogens with zero attached hydrogens (tertiary/aromatic N) is 3. The fraction of sp³-hybridized carbons (Fsp3) is 0.143. The Kier molecular flexibility index (Phi) is 4.25. The molecular formula is C21H17N5O3S. The van der Waals surface area contributed by atoms with Crippen LogP contribution in [0.25, 0.3) is 21.6 Å². The molecular weight excluding hydrogens is 402 g/mol. The normalized spacial score (nSPS) is 12.9. The molecule has 0 unspecified atom stereocenters. The van der Waals surface area contributed by atoms with E-state index in [0.717, 1.165) is 16.3 Å². The van der Waals surface area contributed by atoms with Crippen LogP contribution in [0.2, 0.25) is 0 Å². The third-order valence-corrected chi connectivity index (χ3v) is 5.75. The van der Waals surface area contributed by atoms with Crippen molar-refractivity contribution in [2.45, 2.75) is 6.92 Å². The van der Waals surface area contributed by atoms with Gasteiger partial charge in [-0.05, 0) is 42.6 Å². The molecule has 0 aliphatic carbocycles. The number of thiophene rings is 1. The minimum Gasteiger partial charge on any atom is -0.482 e. The van der Waals surface area contributed by atoms with Crippen LogP contribution in [-0.4, -0.2) is 33.2 Å². The summed E-state index contributed by atoms with van der Waals surface area (Å²) in [6.45, 7) is 1.84. The van der Waals surface area contributed by atoms with Gasteiger partial charge in [-0.2, -0.15) is 5.10 Å². The lowest BCUT2D eigenvalue weighted by Crippen LogP contribution is -2.25. The van der Waals surface area contributed by atoms with Crippen LogP contribution >= 0.6 is 11.3 Å². The molecule has 30 heavy (non-hydrogen) atoms. The first kappa shape index (κ1) is 18.3. The molecule has 0 atom stereocenters. The molecule has 9 heteroatoms. The smallest absolute Gasteiger partial charge is 0.262 e. The molecule has 4 aromatic rings. The molecule has 1 aromatic carbocycles. The van der Waals surface area contributed by atoms with E-state index in [1.807, 2.05) is 31.5 Å². The van der Waals surface area contributed by atoms with Crippen molar-refractivity contribution in [1.29, 1.82) is 0 Å². The Balaban J connectivity index is 1.56. The summed E-state index contributed by atoms with van der Waals surface area (Å²) in [5.41, 5.74) is 3.67. The number of pyridine rings is 1. The molecule has 0 bridgehead atoms. The van der Waals surface area contributed by atoms with Crippen molar-refractivity contribution in [3.63, 3.8) is 0 Å². The van der Waals surface area contributed by atoms with E-state index in [-0.39, 0.29) is 18.4 Å². The summed E-state index contributed by atoms with van der Waals surface area (Å²) in [7, 11) is 1.81. The maximum atomic E-state index is 13.3. The zero-order valence-corrected chi connectivity index (χ0v) is 17.0. The van der Waals surface area contributed by atoms with Gasteiger partial charge >= 0.3 is 0 Å². The first-order chi connectivity index (χ1) is 14.5. The molecule has 8 nitrogen and oxygen atoms in total. The molecule has 3 aromatic heterocycles. The van der Waals surface area contributed by atoms with E-state index in [2.05, 4.69) is 15.7 Å². The minimum absolute atomic E-state index is 0.0144. The maximum Gasteiger partial charge on any atom is 0.262 e. The van der Waals surface area contributed by atoms with Gasteiger partial charge in [-0.3, -0.25) is 14.3 Å². The number of fused-ring (bicyclic) bond motifs is 2. The van der Waals surface area contributed by atoms with Crippen molar-refractivity contribution in [1.82, 2.24) is 14.8 Å². The zero-order chi connectivity index (χ0) is 20.8. The monoisotopic (exact) mass is 419 g/mol. The van der Waals surface area contributed by atoms with Crippen LogP contribution < -0.4 is 15.4 Å². The zero-order valence-electron chi connectivity index (χ0n) is 16.2. The highest BCUT2D eigenvalue weighted by molar-refractivity contribution is 7.13. The summed E-state index contributed by atoms with van der Waals surface area (Å²) in [5.74, 6) is 0.0645. The summed E-state index contributed by atoms with van der Waals surface area (Å²) in [6.07, 6.45) is 0. The van der Waals surface area contributed by atoms with Gasteiger partial charge in [0.05, 0.1) is 32.9 Å². The van der Waals surface area contributed by atoms with Crippen LogP contribution in [0.15, 0.2) is 41.8 Å². The van der Waals surface area contributed by atoms with E-state index in [0.29, 0.717) is 33.7 Å². The van der Waals surface area contributed by atoms with Crippen LogP contribution in [0.1, 0.15) is 16.1 Å². The Hall–Kier alpha value is -3.72. The van der Waals surface area contributed by atoms with Gasteiger partial charge in [-0.1, -0.05) is 6.07 Å². The largest absolute Gasteiger partial charge is 0.482 e. The van der Waals surface area contributed by atoms with Gasteiger partial charge in [0.1, 0.15) is 5.75 Å². The fourth-order valence-corrected chi connectivity index (χ4v) is 4.22. The second-order valence-electron chi connectivity index (χ2n) is 6.94. The topological polar surface area (TPSA) is 98.1 Å². The summed E-state index contributed by atoms with van der Waals surface area (Å²) >= 11 is 1.56. The molecule has 0 radical (unpaired) electrons. The number of rotatable bonds is 3. The average Bonchev–Trinajstić information content (AvgIpc) is 3.36. The first-order valence-electron chi connectivity index (χ1n) is 9.26. The molecule has 0 saturated carbocycles. The van der Waals surface area contributed by atoms with Gasteiger partial charge in [-0.15, -0.1) is 11.3 Å². The van der Waals surface area contributed by atoms with E-state index < -0.39 is 0 Å². The number of aromatic nitrogens is 3. The highest BCUT2D eigenvalue weighted by Crippen LogP contribution is 2.32. The molecule has 0 spiro atoms. The van der Waals surface area contributed by atoms with Crippen molar-refractivity contribution in [3.8, 4) is 16.3 Å². The molecule has 1 aliphatic rings. The Labute approximate surface area is 175 Å². The van der Waals surface area contributed by atoms with Gasteiger partial charge in [0.15, 0.2) is 12.3 Å². The molecule has 1 aliphatic heterocycles. The lowest BCUT2D eigenvalue weighted by atomic mass is 10.1. The molecule has 5 rings (SSSR count). The number of ether oxygens (including phenoxy) is 1. The summed E-state index contributed by atoms with van der Waals surface area (Å²) in [6, 6.07) is 10.8. The van der Waals surface area contributed by atoms with Crippen molar-refractivity contribution in [3.05, 3.63) is 53.0 Å². The Morgan fingerprint density at radius 2 is 2.17 bits per heavy atom. The fourth-order valence-electron chi connectivity index (χ4n) is 3.53. The maximum absolute atomic E-state index is 13.3. The van der Waals surface area contributed by atoms with E-state index >= 15 is 0 Å². The van der Waals surface area contributed by atoms with Crippen LogP contribution in [-0.2, 0) is 11.8 Å². The number of amides is 2. The van der Waals surface area contributed by atoms with Crippen LogP contribution in [0.3, 0.4) is 0 Å². The first-order valence-corrected chi connectivity index (χ1v) is 10.1. The summed E-state index contributed by atoms with van der Waals surface area (Å²) in [5, 5.41) is 12.8. The van der Waals surface area contributed by atoms with Crippen molar-refractivity contribution >= 4 is 45.6 Å². The number of anilines is 2. The number of nitrogens with one attached hydrogen (secondary N) is 2. The van der Waals surface area contributed by atoms with E-state index in [1.54, 1.807) is 40.3 Å². The third-order valence-electron chi connectivity index (χ3n) is 4.86. The van der Waals surface area contributed by atoms with Gasteiger partial charge in [-0.25, -0.2) is 4.98 Å². The number of carbonyl (C=O) groups is 2. The molecule has 2 amide bonds. The molecule has 0 fully saturated rings. The molecule has 2 N–H and O–H groups in total. The van der Waals surface area contributed by atoms with Crippen molar-refractivity contribution in [2.75, 3.05) is 17.2 Å². The Bertz CT molecular complexity index is 1310. The van der Waals surface area contributed by atoms with Crippen LogP contribution in [0.4, 0.5) is 11.4 Å². The quantitative estimate of drug-likeness (QED) is 0.529. The van der Waals surface area contributed by atoms with Crippen molar-refractivity contribution < 1.29 is 14.3 Å². The molecule has 0 saturated heterocycles. The lowest BCUT2D eigenvalue weighted by Gasteiger charge is -2.18. The lowest BCUT2D eigenvalue weighted by molar-refractivity contribution is -0.118. The van der Waals surface area contributed by atoms with Gasteiger partial charge in [0.25, 0.3) is 11.8 Å². The standard InChI is InChI=1S/C21H17N5O3S/c1-11-19-13(9-15(17-4-3-7-30-17)24-20(19)26(2)25-11)21(28)22-12-5-6-16-14(8-12)23-18(27)10-29-16/h3-9H,10H2,1-2H3,(H,22,28)(H,23,27). The van der Waals surface area contributed by atoms with Crippen LogP contribution in [0, 0.1) is 6.92 Å². The third kappa shape index (κ3) is 3.09. The van der Waals surface area contributed by atoms with Gasteiger partial charge in [0, 0.05) is 12.7 Å². The van der Waals surface area contributed by atoms with Crippen molar-refractivity contribution in [2.24, 2.45) is 7.05 Å². The van der Waals surface area contributed by atoms with E-state index in [9.17, 15) is 9.59 Å². The number of hydrogen-bond acceptors (Lipinski definition) is 6. The minimum atomic E-state index is -0.278.